The largest absolute Gasteiger partial charge is 0.493 e. The van der Waals surface area contributed by atoms with Gasteiger partial charge in [-0.25, -0.2) is 0 Å². The Kier molecular flexibility index (Phi) is 6.09. The summed E-state index contributed by atoms with van der Waals surface area (Å²) >= 11 is 0. The first-order valence-electron chi connectivity index (χ1n) is 11.3. The van der Waals surface area contributed by atoms with E-state index in [0.717, 1.165) is 23.4 Å². The molecule has 0 radical (unpaired) electrons. The molecule has 0 saturated heterocycles. The first-order chi connectivity index (χ1) is 17.0. The maximum Gasteiger partial charge on any atom is 0.232 e. The number of ether oxygens (including phenoxy) is 5. The van der Waals surface area contributed by atoms with Crippen LogP contribution in [0.4, 0.5) is 0 Å². The molecule has 35 heavy (non-hydrogen) atoms. The molecule has 3 aromatic rings. The van der Waals surface area contributed by atoms with Gasteiger partial charge in [0.15, 0.2) is 17.3 Å². The minimum atomic E-state index is -0.169. The summed E-state index contributed by atoms with van der Waals surface area (Å²) in [6.45, 7) is 3.73. The number of fused-ring (bicyclic) bond motifs is 3. The van der Waals surface area contributed by atoms with Gasteiger partial charge in [0.05, 0.1) is 32.5 Å². The van der Waals surface area contributed by atoms with Crippen LogP contribution in [0.1, 0.15) is 32.6 Å². The van der Waals surface area contributed by atoms with Crippen molar-refractivity contribution in [3.63, 3.8) is 0 Å². The van der Waals surface area contributed by atoms with Crippen molar-refractivity contribution in [3.8, 4) is 28.7 Å². The molecule has 0 bridgehead atoms. The number of methoxy groups -OCH3 is 3. The van der Waals surface area contributed by atoms with Crippen LogP contribution in [0.25, 0.3) is 6.08 Å². The Morgan fingerprint density at radius 1 is 1.00 bits per heavy atom. The van der Waals surface area contributed by atoms with Gasteiger partial charge in [0, 0.05) is 18.7 Å². The van der Waals surface area contributed by atoms with Gasteiger partial charge in [-0.2, -0.15) is 0 Å². The minimum absolute atomic E-state index is 0.169. The SMILES string of the molecule is COc1ccc(/C=C2\Oc3c4c(cc(C)c3C2=O)OCN(Cc2ccccc2)C4)c(OC)c1OC. The van der Waals surface area contributed by atoms with Crippen molar-refractivity contribution in [1.29, 1.82) is 0 Å². The van der Waals surface area contributed by atoms with Crippen molar-refractivity contribution in [2.24, 2.45) is 0 Å². The number of hydrogen-bond donors (Lipinski definition) is 0. The summed E-state index contributed by atoms with van der Waals surface area (Å²) in [5.41, 5.74) is 4.11. The van der Waals surface area contributed by atoms with Crippen LogP contribution in [0.2, 0.25) is 0 Å². The van der Waals surface area contributed by atoms with E-state index in [2.05, 4.69) is 17.0 Å². The Morgan fingerprint density at radius 3 is 2.49 bits per heavy atom. The Morgan fingerprint density at radius 2 is 1.77 bits per heavy atom. The topological polar surface area (TPSA) is 66.5 Å². The Labute approximate surface area is 204 Å². The monoisotopic (exact) mass is 473 g/mol. The van der Waals surface area contributed by atoms with Crippen molar-refractivity contribution >= 4 is 11.9 Å². The molecule has 0 aromatic heterocycles. The molecule has 0 N–H and O–H groups in total. The highest BCUT2D eigenvalue weighted by Crippen LogP contribution is 2.46. The molecule has 7 nitrogen and oxygen atoms in total. The van der Waals surface area contributed by atoms with E-state index >= 15 is 0 Å². The fourth-order valence-corrected chi connectivity index (χ4v) is 4.60. The van der Waals surface area contributed by atoms with Gasteiger partial charge in [-0.1, -0.05) is 30.3 Å². The van der Waals surface area contributed by atoms with Crippen LogP contribution >= 0.6 is 0 Å². The van der Waals surface area contributed by atoms with E-state index in [1.54, 1.807) is 39.5 Å². The zero-order valence-corrected chi connectivity index (χ0v) is 20.2. The van der Waals surface area contributed by atoms with Crippen LogP contribution in [0, 0.1) is 6.92 Å². The number of allylic oxidation sites excluding steroid dienone is 1. The van der Waals surface area contributed by atoms with Crippen molar-refractivity contribution in [2.75, 3.05) is 28.1 Å². The molecular formula is C28H27NO6. The highest BCUT2D eigenvalue weighted by atomic mass is 16.5. The van der Waals surface area contributed by atoms with Gasteiger partial charge in [-0.15, -0.1) is 0 Å². The molecular weight excluding hydrogens is 446 g/mol. The third-order valence-corrected chi connectivity index (χ3v) is 6.26. The van der Waals surface area contributed by atoms with Crippen LogP contribution in [0.15, 0.2) is 54.3 Å². The average molecular weight is 474 g/mol. The van der Waals surface area contributed by atoms with Crippen LogP contribution in [0.3, 0.4) is 0 Å². The predicted octanol–water partition coefficient (Wildman–Crippen LogP) is 4.99. The highest BCUT2D eigenvalue weighted by Gasteiger charge is 2.35. The molecule has 0 atom stereocenters. The van der Waals surface area contributed by atoms with E-state index in [4.69, 9.17) is 23.7 Å². The maximum absolute atomic E-state index is 13.4. The molecule has 0 saturated carbocycles. The first-order valence-corrected chi connectivity index (χ1v) is 11.3. The van der Waals surface area contributed by atoms with Crippen LogP contribution in [0.5, 0.6) is 28.7 Å². The number of rotatable bonds is 6. The summed E-state index contributed by atoms with van der Waals surface area (Å²) in [7, 11) is 4.65. The van der Waals surface area contributed by atoms with Gasteiger partial charge >= 0.3 is 0 Å². The molecule has 0 spiro atoms. The molecule has 2 aliphatic rings. The quantitative estimate of drug-likeness (QED) is 0.467. The zero-order valence-electron chi connectivity index (χ0n) is 20.2. The number of Topliss-reactive ketones (excluding diaryl/α,β-unsaturated/α-hetero) is 1. The van der Waals surface area contributed by atoms with Gasteiger partial charge in [-0.3, -0.25) is 9.69 Å². The van der Waals surface area contributed by atoms with Crippen molar-refractivity contribution in [2.45, 2.75) is 20.0 Å². The van der Waals surface area contributed by atoms with Crippen molar-refractivity contribution in [3.05, 3.63) is 82.1 Å². The molecule has 0 aliphatic carbocycles. The second-order valence-corrected chi connectivity index (χ2v) is 8.48. The smallest absolute Gasteiger partial charge is 0.232 e. The molecule has 3 aromatic carbocycles. The van der Waals surface area contributed by atoms with Crippen molar-refractivity contribution in [1.82, 2.24) is 4.90 Å². The van der Waals surface area contributed by atoms with E-state index in [0.29, 0.717) is 47.4 Å². The second kappa shape index (κ2) is 9.35. The van der Waals surface area contributed by atoms with Gasteiger partial charge in [-0.05, 0) is 42.3 Å². The molecule has 5 rings (SSSR count). The van der Waals surface area contributed by atoms with Gasteiger partial charge < -0.3 is 23.7 Å². The van der Waals surface area contributed by atoms with Crippen molar-refractivity contribution < 1.29 is 28.5 Å². The number of hydrogen-bond acceptors (Lipinski definition) is 7. The van der Waals surface area contributed by atoms with E-state index in [1.807, 2.05) is 31.2 Å². The third kappa shape index (κ3) is 4.08. The van der Waals surface area contributed by atoms with E-state index in [9.17, 15) is 4.79 Å². The van der Waals surface area contributed by atoms with Crippen LogP contribution in [-0.4, -0.2) is 38.7 Å². The fraction of sp³-hybridized carbons (Fsp3) is 0.250. The summed E-state index contributed by atoms with van der Waals surface area (Å²) < 4.78 is 28.7. The van der Waals surface area contributed by atoms with Crippen LogP contribution in [-0.2, 0) is 13.1 Å². The summed E-state index contributed by atoms with van der Waals surface area (Å²) in [5, 5.41) is 0. The number of ketones is 1. The van der Waals surface area contributed by atoms with E-state index in [1.165, 1.54) is 5.56 Å². The molecule has 2 heterocycles. The lowest BCUT2D eigenvalue weighted by Crippen LogP contribution is -2.31. The van der Waals surface area contributed by atoms with Crippen LogP contribution < -0.4 is 23.7 Å². The standard InChI is InChI=1S/C28H27NO6/c1-17-12-22-20(15-29(16-34-22)14-18-8-6-5-7-9-18)27-24(17)25(30)23(35-27)13-19-10-11-21(31-2)28(33-4)26(19)32-3/h5-13H,14-16H2,1-4H3/b23-13-. The van der Waals surface area contributed by atoms with Gasteiger partial charge in [0.25, 0.3) is 0 Å². The van der Waals surface area contributed by atoms with Gasteiger partial charge in [0.2, 0.25) is 11.5 Å². The first kappa shape index (κ1) is 22.8. The average Bonchev–Trinajstić information content (AvgIpc) is 3.21. The van der Waals surface area contributed by atoms with Gasteiger partial charge in [0.1, 0.15) is 18.2 Å². The highest BCUT2D eigenvalue weighted by molar-refractivity contribution is 6.16. The summed E-state index contributed by atoms with van der Waals surface area (Å²) in [6, 6.07) is 15.7. The molecule has 180 valence electrons. The number of benzene rings is 3. The van der Waals surface area contributed by atoms with E-state index < -0.39 is 0 Å². The number of carbonyl (C=O) groups excluding carboxylic acids is 1. The zero-order chi connectivity index (χ0) is 24.5. The lowest BCUT2D eigenvalue weighted by molar-refractivity contribution is 0.0872. The minimum Gasteiger partial charge on any atom is -0.493 e. The lowest BCUT2D eigenvalue weighted by Gasteiger charge is -2.30. The molecule has 0 unspecified atom stereocenters. The Bertz CT molecular complexity index is 1320. The third-order valence-electron chi connectivity index (χ3n) is 6.26. The molecule has 0 amide bonds. The summed E-state index contributed by atoms with van der Waals surface area (Å²) in [4.78, 5) is 15.6. The summed E-state index contributed by atoms with van der Waals surface area (Å²) in [6.07, 6.45) is 1.68. The number of nitrogens with zero attached hydrogens (tertiary/aromatic N) is 1. The number of aryl methyl sites for hydroxylation is 1. The van der Waals surface area contributed by atoms with E-state index in [-0.39, 0.29) is 11.5 Å². The normalized spacial score (nSPS) is 15.8. The predicted molar refractivity (Wildman–Crippen MR) is 131 cm³/mol. The maximum atomic E-state index is 13.4. The Balaban J connectivity index is 1.50. The second-order valence-electron chi connectivity index (χ2n) is 8.48. The lowest BCUT2D eigenvalue weighted by atomic mass is 9.98. The molecule has 2 aliphatic heterocycles. The molecule has 7 heteroatoms. The number of carbonyl (C=O) groups is 1. The summed E-state index contributed by atoms with van der Waals surface area (Å²) in [5.74, 6) is 2.82. The fourth-order valence-electron chi connectivity index (χ4n) is 4.60. The Hall–Kier alpha value is -3.97. The molecule has 0 fully saturated rings.